The number of nitrogens with one attached hydrogen (secondary N) is 1. The van der Waals surface area contributed by atoms with E-state index < -0.39 is 0 Å². The highest BCUT2D eigenvalue weighted by Gasteiger charge is 2.25. The van der Waals surface area contributed by atoms with Crippen molar-refractivity contribution in [2.75, 3.05) is 39.0 Å². The number of aromatic nitrogens is 3. The first kappa shape index (κ1) is 18.2. The predicted octanol–water partition coefficient (Wildman–Crippen LogP) is 1.20. The van der Waals surface area contributed by atoms with Gasteiger partial charge in [0.25, 0.3) is 5.91 Å². The molecule has 0 radical (unpaired) electrons. The van der Waals surface area contributed by atoms with Crippen molar-refractivity contribution < 1.29 is 14.3 Å². The van der Waals surface area contributed by atoms with Gasteiger partial charge in [0.2, 0.25) is 11.1 Å². The van der Waals surface area contributed by atoms with Gasteiger partial charge in [-0.25, -0.2) is 4.98 Å². The van der Waals surface area contributed by atoms with Crippen molar-refractivity contribution in [3.8, 4) is 5.75 Å². The van der Waals surface area contributed by atoms with Gasteiger partial charge in [-0.15, -0.1) is 5.10 Å². The molecule has 3 rings (SSSR count). The molecule has 1 aliphatic heterocycles. The Balaban J connectivity index is 1.50. The molecule has 1 N–H and O–H groups in total. The minimum absolute atomic E-state index is 0.0333. The number of nitrogens with zero attached hydrogens (tertiary/aromatic N) is 4. The summed E-state index contributed by atoms with van der Waals surface area (Å²) < 4.78 is 5.17. The quantitative estimate of drug-likeness (QED) is 0.790. The van der Waals surface area contributed by atoms with Crippen LogP contribution in [-0.2, 0) is 4.79 Å². The number of piperazine rings is 1. The van der Waals surface area contributed by atoms with Crippen LogP contribution >= 0.6 is 11.8 Å². The summed E-state index contributed by atoms with van der Waals surface area (Å²) in [4.78, 5) is 32.6. The Hall–Kier alpha value is -2.55. The lowest BCUT2D eigenvalue weighted by molar-refractivity contribution is -0.129. The maximum absolute atomic E-state index is 12.6. The predicted molar refractivity (Wildman–Crippen MR) is 97.3 cm³/mol. The fourth-order valence-corrected chi connectivity index (χ4v) is 3.45. The first-order valence-electron chi connectivity index (χ1n) is 8.29. The van der Waals surface area contributed by atoms with E-state index in [2.05, 4.69) is 15.2 Å². The van der Waals surface area contributed by atoms with Gasteiger partial charge in [0.05, 0.1) is 12.9 Å². The summed E-state index contributed by atoms with van der Waals surface area (Å²) in [6.07, 6.45) is 0. The number of carbonyl (C=O) groups excluding carboxylic acids is 2. The molecule has 0 spiro atoms. The number of methoxy groups -OCH3 is 1. The molecule has 138 valence electrons. The molecule has 2 aromatic rings. The van der Waals surface area contributed by atoms with Gasteiger partial charge in [0.15, 0.2) is 0 Å². The van der Waals surface area contributed by atoms with E-state index in [1.54, 1.807) is 41.2 Å². The summed E-state index contributed by atoms with van der Waals surface area (Å²) in [7, 11) is 1.58. The van der Waals surface area contributed by atoms with Crippen molar-refractivity contribution in [3.05, 3.63) is 35.7 Å². The Bertz CT molecular complexity index is 786. The van der Waals surface area contributed by atoms with Crippen molar-refractivity contribution in [1.82, 2.24) is 25.0 Å². The van der Waals surface area contributed by atoms with Crippen LogP contribution < -0.4 is 4.74 Å². The van der Waals surface area contributed by atoms with E-state index in [9.17, 15) is 9.59 Å². The molecular formula is C17H21N5O3S. The molecule has 2 amide bonds. The van der Waals surface area contributed by atoms with E-state index in [1.807, 2.05) is 6.92 Å². The molecule has 9 heteroatoms. The standard InChI is InChI=1S/C17H21N5O3S/c1-12-18-17(20-19-12)26-11-15(23)21-6-8-22(9-7-21)16(24)13-4-3-5-14(10-13)25-2/h3-5,10H,6-9,11H2,1-2H3,(H,18,19,20). The Morgan fingerprint density at radius 2 is 1.96 bits per heavy atom. The van der Waals surface area contributed by atoms with Crippen molar-refractivity contribution in [1.29, 1.82) is 0 Å². The fraction of sp³-hybridized carbons (Fsp3) is 0.412. The SMILES string of the molecule is COc1cccc(C(=O)N2CCN(C(=O)CSc3n[nH]c(C)n3)CC2)c1. The molecule has 1 aromatic carbocycles. The number of hydrogen-bond acceptors (Lipinski definition) is 6. The monoisotopic (exact) mass is 375 g/mol. The first-order chi connectivity index (χ1) is 12.6. The molecule has 1 aliphatic rings. The third-order valence-corrected chi connectivity index (χ3v) is 4.97. The van der Waals surface area contributed by atoms with Crippen LogP contribution in [0.5, 0.6) is 5.75 Å². The summed E-state index contributed by atoms with van der Waals surface area (Å²) in [5.41, 5.74) is 0.597. The van der Waals surface area contributed by atoms with E-state index in [1.165, 1.54) is 11.8 Å². The van der Waals surface area contributed by atoms with Gasteiger partial charge >= 0.3 is 0 Å². The Labute approximate surface area is 155 Å². The molecule has 8 nitrogen and oxygen atoms in total. The number of H-pyrrole nitrogens is 1. The Kier molecular flexibility index (Phi) is 5.77. The number of thioether (sulfide) groups is 1. The minimum atomic E-state index is -0.0402. The molecule has 0 saturated carbocycles. The van der Waals surface area contributed by atoms with Gasteiger partial charge in [-0.2, -0.15) is 0 Å². The summed E-state index contributed by atoms with van der Waals surface area (Å²) >= 11 is 1.31. The summed E-state index contributed by atoms with van der Waals surface area (Å²) in [6.45, 7) is 3.92. The van der Waals surface area contributed by atoms with Crippen LogP contribution in [0.15, 0.2) is 29.4 Å². The van der Waals surface area contributed by atoms with Crippen molar-refractivity contribution in [2.24, 2.45) is 0 Å². The highest BCUT2D eigenvalue weighted by molar-refractivity contribution is 7.99. The molecule has 1 fully saturated rings. The normalized spacial score (nSPS) is 14.4. The first-order valence-corrected chi connectivity index (χ1v) is 9.28. The molecule has 1 saturated heterocycles. The molecule has 0 bridgehead atoms. The Morgan fingerprint density at radius 3 is 2.62 bits per heavy atom. The molecule has 26 heavy (non-hydrogen) atoms. The third kappa shape index (κ3) is 4.34. The maximum Gasteiger partial charge on any atom is 0.254 e. The fourth-order valence-electron chi connectivity index (χ4n) is 2.70. The number of hydrogen-bond donors (Lipinski definition) is 1. The lowest BCUT2D eigenvalue weighted by Crippen LogP contribution is -2.51. The number of aromatic amines is 1. The van der Waals surface area contributed by atoms with E-state index in [4.69, 9.17) is 4.74 Å². The van der Waals surface area contributed by atoms with Crippen LogP contribution in [0.2, 0.25) is 0 Å². The van der Waals surface area contributed by atoms with Gasteiger partial charge in [0.1, 0.15) is 11.6 Å². The summed E-state index contributed by atoms with van der Waals surface area (Å²) in [5, 5.41) is 7.33. The smallest absolute Gasteiger partial charge is 0.254 e. The lowest BCUT2D eigenvalue weighted by atomic mass is 10.1. The van der Waals surface area contributed by atoms with Crippen LogP contribution in [0.1, 0.15) is 16.2 Å². The van der Waals surface area contributed by atoms with E-state index in [0.717, 1.165) is 5.82 Å². The van der Waals surface area contributed by atoms with Gasteiger partial charge in [-0.1, -0.05) is 17.8 Å². The van der Waals surface area contributed by atoms with E-state index >= 15 is 0 Å². The third-order valence-electron chi connectivity index (χ3n) is 4.14. The van der Waals surface area contributed by atoms with Gasteiger partial charge in [-0.05, 0) is 25.1 Å². The molecule has 2 heterocycles. The summed E-state index contributed by atoms with van der Waals surface area (Å²) in [6, 6.07) is 7.11. The van der Waals surface area contributed by atoms with Crippen LogP contribution in [0.25, 0.3) is 0 Å². The van der Waals surface area contributed by atoms with Crippen LogP contribution in [0, 0.1) is 6.92 Å². The molecule has 0 aliphatic carbocycles. The molecule has 1 aromatic heterocycles. The van der Waals surface area contributed by atoms with Crippen LogP contribution in [0.3, 0.4) is 0 Å². The number of benzene rings is 1. The van der Waals surface area contributed by atoms with Gasteiger partial charge in [0, 0.05) is 31.7 Å². The number of aryl methyl sites for hydroxylation is 1. The molecule has 0 unspecified atom stereocenters. The zero-order chi connectivity index (χ0) is 18.5. The molecule has 0 atom stereocenters. The molecular weight excluding hydrogens is 354 g/mol. The maximum atomic E-state index is 12.6. The number of carbonyl (C=O) groups is 2. The van der Waals surface area contributed by atoms with Crippen LogP contribution in [-0.4, -0.2) is 75.8 Å². The van der Waals surface area contributed by atoms with Gasteiger partial charge in [-0.3, -0.25) is 14.7 Å². The average molecular weight is 375 g/mol. The van der Waals surface area contributed by atoms with Crippen molar-refractivity contribution >= 4 is 23.6 Å². The highest BCUT2D eigenvalue weighted by atomic mass is 32.2. The second-order valence-corrected chi connectivity index (χ2v) is 6.84. The van der Waals surface area contributed by atoms with E-state index in [0.29, 0.717) is 48.4 Å². The average Bonchev–Trinajstić information content (AvgIpc) is 3.11. The lowest BCUT2D eigenvalue weighted by Gasteiger charge is -2.34. The second kappa shape index (κ2) is 8.22. The largest absolute Gasteiger partial charge is 0.497 e. The minimum Gasteiger partial charge on any atom is -0.497 e. The number of rotatable bonds is 5. The topological polar surface area (TPSA) is 91.4 Å². The Morgan fingerprint density at radius 1 is 1.23 bits per heavy atom. The zero-order valence-corrected chi connectivity index (χ0v) is 15.6. The van der Waals surface area contributed by atoms with Crippen LogP contribution in [0.4, 0.5) is 0 Å². The van der Waals surface area contributed by atoms with Gasteiger partial charge < -0.3 is 14.5 Å². The van der Waals surface area contributed by atoms with E-state index in [-0.39, 0.29) is 11.8 Å². The van der Waals surface area contributed by atoms with Crippen molar-refractivity contribution in [2.45, 2.75) is 12.1 Å². The number of ether oxygens (including phenoxy) is 1. The zero-order valence-electron chi connectivity index (χ0n) is 14.8. The van der Waals surface area contributed by atoms with Crippen molar-refractivity contribution in [3.63, 3.8) is 0 Å². The highest BCUT2D eigenvalue weighted by Crippen LogP contribution is 2.17. The number of amides is 2. The second-order valence-electron chi connectivity index (χ2n) is 5.90. The summed E-state index contributed by atoms with van der Waals surface area (Å²) in [5.74, 6) is 1.67.